The van der Waals surface area contributed by atoms with Crippen LogP contribution in [0.2, 0.25) is 0 Å². The number of amides is 1. The van der Waals surface area contributed by atoms with Crippen molar-refractivity contribution in [3.63, 3.8) is 0 Å². The summed E-state index contributed by atoms with van der Waals surface area (Å²) in [6.45, 7) is 6.53. The van der Waals surface area contributed by atoms with Crippen molar-refractivity contribution in [2.24, 2.45) is 5.92 Å². The summed E-state index contributed by atoms with van der Waals surface area (Å²) in [6.07, 6.45) is 3.91. The van der Waals surface area contributed by atoms with E-state index in [1.165, 1.54) is 4.90 Å². The van der Waals surface area contributed by atoms with Crippen molar-refractivity contribution in [1.82, 2.24) is 19.9 Å². The van der Waals surface area contributed by atoms with Crippen molar-refractivity contribution in [1.29, 1.82) is 0 Å². The summed E-state index contributed by atoms with van der Waals surface area (Å²) in [5, 5.41) is 14.1. The normalized spacial score (nSPS) is 15.5. The van der Waals surface area contributed by atoms with Gasteiger partial charge in [0.2, 0.25) is 21.9 Å². The Bertz CT molecular complexity index is 1710. The molecule has 42 heavy (non-hydrogen) atoms. The molecule has 0 bridgehead atoms. The summed E-state index contributed by atoms with van der Waals surface area (Å²) >= 11 is 0. The van der Waals surface area contributed by atoms with E-state index in [0.29, 0.717) is 53.0 Å². The number of nitrogens with zero attached hydrogens (tertiary/aromatic N) is 4. The number of fused-ring (bicyclic) bond motifs is 1. The molecule has 1 fully saturated rings. The average molecular weight is 591 g/mol. The first-order valence-corrected chi connectivity index (χ1v) is 15.5. The minimum Gasteiger partial charge on any atom is -0.465 e. The number of likely N-dealkylation sites (tertiary alicyclic amines) is 1. The molecule has 11 nitrogen and oxygen atoms in total. The van der Waals surface area contributed by atoms with Gasteiger partial charge in [-0.2, -0.15) is 0 Å². The van der Waals surface area contributed by atoms with Crippen molar-refractivity contribution in [3.05, 3.63) is 66.5 Å². The molecule has 1 amide bonds. The highest BCUT2D eigenvalue weighted by molar-refractivity contribution is 7.92. The lowest BCUT2D eigenvalue weighted by Gasteiger charge is -2.31. The number of hydrogen-bond donors (Lipinski definition) is 3. The molecule has 4 aromatic rings. The summed E-state index contributed by atoms with van der Waals surface area (Å²) in [6, 6.07) is 14.5. The second kappa shape index (κ2) is 12.2. The number of ether oxygens (including phenoxy) is 1. The minimum atomic E-state index is -3.53. The largest absolute Gasteiger partial charge is 0.465 e. The number of aryl methyl sites for hydroxylation is 1. The number of carbonyl (C=O) groups is 1. The smallest absolute Gasteiger partial charge is 0.407 e. The molecule has 1 saturated heterocycles. The molecular weight excluding hydrogens is 556 g/mol. The molecule has 0 aliphatic carbocycles. The Hall–Kier alpha value is -4.45. The number of piperidine rings is 1. The topological polar surface area (TPSA) is 147 Å². The molecule has 1 aliphatic rings. The lowest BCUT2D eigenvalue weighted by atomic mass is 10.0. The number of aromatic nitrogens is 3. The van der Waals surface area contributed by atoms with E-state index >= 15 is 0 Å². The summed E-state index contributed by atoms with van der Waals surface area (Å²) in [4.78, 5) is 26.3. The summed E-state index contributed by atoms with van der Waals surface area (Å²) < 4.78 is 34.6. The number of pyridine rings is 1. The second-order valence-corrected chi connectivity index (χ2v) is 12.6. The van der Waals surface area contributed by atoms with Crippen molar-refractivity contribution in [2.75, 3.05) is 28.9 Å². The Morgan fingerprint density at radius 3 is 2.71 bits per heavy atom. The standard InChI is InChI=1S/C30H34N6O5S/c1-19(2)18-42(39,40)35-26-10-4-8-23-22(26)12-11-20(3)27(23)41-28-24(9-5-14-31-28)25-13-15-32-29(34-25)33-21-7-6-16-36(17-21)30(37)38/h4-5,8-15,19,21,35H,6-7,16-18H2,1-3H3,(H,37,38)(H,32,33,34)/t21-/m0/s1. The van der Waals surface area contributed by atoms with Crippen LogP contribution in [0.4, 0.5) is 16.4 Å². The van der Waals surface area contributed by atoms with Gasteiger partial charge in [0.25, 0.3) is 0 Å². The van der Waals surface area contributed by atoms with Gasteiger partial charge in [-0.3, -0.25) is 4.72 Å². The SMILES string of the molecule is Cc1ccc2c(NS(=O)(=O)CC(C)C)cccc2c1Oc1ncccc1-c1ccnc(N[C@H]2CCCN(C(=O)O)C2)n1. The molecule has 12 heteroatoms. The van der Waals surface area contributed by atoms with Gasteiger partial charge in [-0.25, -0.2) is 28.2 Å². The Morgan fingerprint density at radius 2 is 1.93 bits per heavy atom. The van der Waals surface area contributed by atoms with Crippen LogP contribution in [0, 0.1) is 12.8 Å². The maximum absolute atomic E-state index is 12.7. The molecule has 1 atom stereocenters. The number of carboxylic acid groups (broad SMARTS) is 1. The van der Waals surface area contributed by atoms with E-state index < -0.39 is 16.1 Å². The van der Waals surface area contributed by atoms with E-state index in [-0.39, 0.29) is 17.7 Å². The Balaban J connectivity index is 1.45. The van der Waals surface area contributed by atoms with Crippen LogP contribution in [0.15, 0.2) is 60.9 Å². The molecular formula is C30H34N6O5S. The third-order valence-corrected chi connectivity index (χ3v) is 8.59. The van der Waals surface area contributed by atoms with Crippen molar-refractivity contribution in [2.45, 2.75) is 39.7 Å². The highest BCUT2D eigenvalue weighted by Gasteiger charge is 2.24. The first-order chi connectivity index (χ1) is 20.1. The van der Waals surface area contributed by atoms with Crippen molar-refractivity contribution in [3.8, 4) is 22.9 Å². The van der Waals surface area contributed by atoms with Gasteiger partial charge in [-0.15, -0.1) is 0 Å². The van der Waals surface area contributed by atoms with Crippen LogP contribution in [0.5, 0.6) is 11.6 Å². The van der Waals surface area contributed by atoms with Gasteiger partial charge in [0, 0.05) is 42.3 Å². The van der Waals surface area contributed by atoms with Crippen molar-refractivity contribution >= 4 is 38.5 Å². The maximum atomic E-state index is 12.7. The van der Waals surface area contributed by atoms with Gasteiger partial charge in [0.1, 0.15) is 5.75 Å². The van der Waals surface area contributed by atoms with Crippen LogP contribution < -0.4 is 14.8 Å². The van der Waals surface area contributed by atoms with E-state index in [1.807, 2.05) is 45.0 Å². The number of rotatable bonds is 9. The Morgan fingerprint density at radius 1 is 1.10 bits per heavy atom. The van der Waals surface area contributed by atoms with Crippen LogP contribution in [0.25, 0.3) is 22.0 Å². The highest BCUT2D eigenvalue weighted by Crippen LogP contribution is 2.39. The van der Waals surface area contributed by atoms with Crippen molar-refractivity contribution < 1.29 is 23.1 Å². The van der Waals surface area contributed by atoms with Crippen LogP contribution in [-0.2, 0) is 10.0 Å². The monoisotopic (exact) mass is 590 g/mol. The molecule has 3 heterocycles. The molecule has 5 rings (SSSR count). The highest BCUT2D eigenvalue weighted by atomic mass is 32.2. The number of benzene rings is 2. The van der Waals surface area contributed by atoms with E-state index in [0.717, 1.165) is 23.8 Å². The number of sulfonamides is 1. The second-order valence-electron chi connectivity index (χ2n) is 10.8. The maximum Gasteiger partial charge on any atom is 0.407 e. The van der Waals surface area contributed by atoms with Crippen LogP contribution >= 0.6 is 0 Å². The van der Waals surface area contributed by atoms with Crippen LogP contribution in [-0.4, -0.2) is 64.4 Å². The molecule has 0 saturated carbocycles. The minimum absolute atomic E-state index is 0.0131. The molecule has 0 spiro atoms. The third kappa shape index (κ3) is 6.71. The third-order valence-electron chi connectivity index (χ3n) is 6.95. The van der Waals surface area contributed by atoms with E-state index in [4.69, 9.17) is 4.74 Å². The van der Waals surface area contributed by atoms with Gasteiger partial charge >= 0.3 is 6.09 Å². The number of nitrogens with one attached hydrogen (secondary N) is 2. The summed E-state index contributed by atoms with van der Waals surface area (Å²) in [5.41, 5.74) is 2.56. The molecule has 3 N–H and O–H groups in total. The molecule has 2 aromatic carbocycles. The Kier molecular flexibility index (Phi) is 8.44. The van der Waals surface area contributed by atoms with Gasteiger partial charge in [-0.1, -0.05) is 38.1 Å². The van der Waals surface area contributed by atoms with Gasteiger partial charge in [0.15, 0.2) is 0 Å². The molecule has 220 valence electrons. The molecule has 0 unspecified atom stereocenters. The van der Waals surface area contributed by atoms with Crippen LogP contribution in [0.1, 0.15) is 32.3 Å². The van der Waals surface area contributed by atoms with E-state index in [9.17, 15) is 18.3 Å². The van der Waals surface area contributed by atoms with E-state index in [2.05, 4.69) is 25.0 Å². The summed E-state index contributed by atoms with van der Waals surface area (Å²) in [7, 11) is -3.53. The predicted molar refractivity (Wildman–Crippen MR) is 163 cm³/mol. The number of anilines is 2. The predicted octanol–water partition coefficient (Wildman–Crippen LogP) is 5.74. The zero-order valence-corrected chi connectivity index (χ0v) is 24.6. The quantitative estimate of drug-likeness (QED) is 0.222. The first-order valence-electron chi connectivity index (χ1n) is 13.8. The van der Waals surface area contributed by atoms with Gasteiger partial charge in [0.05, 0.1) is 22.7 Å². The Labute approximate surface area is 245 Å². The van der Waals surface area contributed by atoms with Gasteiger partial charge in [-0.05, 0) is 55.5 Å². The zero-order valence-electron chi connectivity index (χ0n) is 23.7. The van der Waals surface area contributed by atoms with E-state index in [1.54, 1.807) is 36.7 Å². The average Bonchev–Trinajstić information content (AvgIpc) is 2.94. The molecule has 1 aliphatic heterocycles. The lowest BCUT2D eigenvalue weighted by molar-refractivity contribution is 0.132. The summed E-state index contributed by atoms with van der Waals surface area (Å²) in [5.74, 6) is 1.28. The molecule has 2 aromatic heterocycles. The fourth-order valence-corrected chi connectivity index (χ4v) is 6.58. The van der Waals surface area contributed by atoms with Gasteiger partial charge < -0.3 is 20.1 Å². The first kappa shape index (κ1) is 29.1. The lowest BCUT2D eigenvalue weighted by Crippen LogP contribution is -2.44. The van der Waals surface area contributed by atoms with Crippen LogP contribution in [0.3, 0.4) is 0 Å². The molecule has 0 radical (unpaired) electrons. The zero-order chi connectivity index (χ0) is 29.9. The fourth-order valence-electron chi connectivity index (χ4n) is 5.10. The number of hydrogen-bond acceptors (Lipinski definition) is 8. The fraction of sp³-hybridized carbons (Fsp3) is 0.333.